The molecule has 0 N–H and O–H groups in total. The number of ketones is 1. The Balaban J connectivity index is 2.41. The largest absolute Gasteiger partial charge is 0.389 e. The summed E-state index contributed by atoms with van der Waals surface area (Å²) in [5.74, 6) is -0.235. The van der Waals surface area contributed by atoms with Crippen LogP contribution in [0.15, 0.2) is 15.9 Å². The zero-order valence-corrected chi connectivity index (χ0v) is 10.0. The molecule has 1 rings (SSSR count). The molecule has 0 amide bonds. The molecule has 1 aromatic heterocycles. The molecule has 0 saturated carbocycles. The molecule has 0 atom stereocenters. The number of hydrogen-bond acceptors (Lipinski definition) is 2. The van der Waals surface area contributed by atoms with Crippen molar-refractivity contribution in [3.8, 4) is 0 Å². The van der Waals surface area contributed by atoms with E-state index in [1.165, 1.54) is 11.3 Å². The smallest absolute Gasteiger partial charge is 0.293 e. The molecule has 84 valence electrons. The van der Waals surface area contributed by atoms with Crippen molar-refractivity contribution >= 4 is 33.0 Å². The third kappa shape index (κ3) is 4.34. The van der Waals surface area contributed by atoms with E-state index in [2.05, 4.69) is 15.9 Å². The normalized spacial score (nSPS) is 11.7. The van der Waals surface area contributed by atoms with Crippen LogP contribution in [0.3, 0.4) is 0 Å². The summed E-state index contributed by atoms with van der Waals surface area (Å²) in [6, 6.07) is 1.71. The van der Waals surface area contributed by atoms with E-state index >= 15 is 0 Å². The molecule has 0 spiro atoms. The van der Waals surface area contributed by atoms with Crippen LogP contribution in [0.2, 0.25) is 0 Å². The molecular weight excluding hydrogens is 293 g/mol. The van der Waals surface area contributed by atoms with Crippen LogP contribution in [-0.4, -0.2) is 12.0 Å². The zero-order valence-electron chi connectivity index (χ0n) is 7.60. The quantitative estimate of drug-likeness (QED) is 0.752. The Bertz CT molecular complexity index is 345. The average Bonchev–Trinajstić information content (AvgIpc) is 2.48. The minimum absolute atomic E-state index is 0.0569. The Morgan fingerprint density at radius 1 is 1.47 bits per heavy atom. The van der Waals surface area contributed by atoms with Gasteiger partial charge in [-0.05, 0) is 33.8 Å². The van der Waals surface area contributed by atoms with Crippen molar-refractivity contribution < 1.29 is 18.0 Å². The Morgan fingerprint density at radius 2 is 2.13 bits per heavy atom. The summed E-state index contributed by atoms with van der Waals surface area (Å²) in [5.41, 5.74) is 0. The average molecular weight is 301 g/mol. The highest BCUT2D eigenvalue weighted by Crippen LogP contribution is 2.26. The van der Waals surface area contributed by atoms with E-state index in [0.29, 0.717) is 9.35 Å². The van der Waals surface area contributed by atoms with E-state index in [0.717, 1.165) is 0 Å². The summed E-state index contributed by atoms with van der Waals surface area (Å²) in [4.78, 5) is 11.9. The number of hydrogen-bond donors (Lipinski definition) is 0. The molecule has 0 fully saturated rings. The van der Waals surface area contributed by atoms with E-state index in [1.807, 2.05) is 0 Å². The molecule has 0 aliphatic carbocycles. The van der Waals surface area contributed by atoms with E-state index in [9.17, 15) is 18.0 Å². The highest BCUT2D eigenvalue weighted by atomic mass is 79.9. The summed E-state index contributed by atoms with van der Waals surface area (Å²) in [6.45, 7) is 0. The lowest BCUT2D eigenvalue weighted by Gasteiger charge is -2.04. The number of rotatable bonds is 4. The summed E-state index contributed by atoms with van der Waals surface area (Å²) < 4.78 is 36.1. The van der Waals surface area contributed by atoms with Crippen molar-refractivity contribution in [2.24, 2.45) is 0 Å². The van der Waals surface area contributed by atoms with Crippen LogP contribution in [0.1, 0.15) is 28.9 Å². The van der Waals surface area contributed by atoms with Gasteiger partial charge in [0.1, 0.15) is 0 Å². The van der Waals surface area contributed by atoms with Crippen LogP contribution in [0.25, 0.3) is 0 Å². The first kappa shape index (κ1) is 12.7. The Labute approximate surface area is 97.4 Å². The molecule has 1 heterocycles. The second kappa shape index (κ2) is 5.12. The summed E-state index contributed by atoms with van der Waals surface area (Å²) in [5, 5.41) is 1.72. The predicted octanol–water partition coefficient (Wildman–Crippen LogP) is 4.43. The molecule has 0 aromatic carbocycles. The number of carbonyl (C=O) groups is 1. The maximum absolute atomic E-state index is 11.8. The van der Waals surface area contributed by atoms with Gasteiger partial charge in [-0.3, -0.25) is 4.79 Å². The minimum Gasteiger partial charge on any atom is -0.293 e. The van der Waals surface area contributed by atoms with Gasteiger partial charge in [0.25, 0.3) is 0 Å². The van der Waals surface area contributed by atoms with E-state index in [1.54, 1.807) is 11.4 Å². The van der Waals surface area contributed by atoms with Crippen molar-refractivity contribution in [3.05, 3.63) is 20.8 Å². The fourth-order valence-electron chi connectivity index (χ4n) is 1.06. The molecule has 0 aliphatic rings. The van der Waals surface area contributed by atoms with Gasteiger partial charge in [-0.15, -0.1) is 11.3 Å². The number of alkyl halides is 3. The number of thiophene rings is 1. The van der Waals surface area contributed by atoms with Crippen molar-refractivity contribution in [1.29, 1.82) is 0 Å². The predicted molar refractivity (Wildman–Crippen MR) is 56.3 cm³/mol. The van der Waals surface area contributed by atoms with Crippen LogP contribution in [0.4, 0.5) is 13.2 Å². The lowest BCUT2D eigenvalue weighted by molar-refractivity contribution is -0.135. The first-order valence-corrected chi connectivity index (χ1v) is 5.90. The number of Topliss-reactive ketones (excluding diaryl/α,β-unsaturated/α-hetero) is 1. The topological polar surface area (TPSA) is 17.1 Å². The van der Waals surface area contributed by atoms with Crippen LogP contribution < -0.4 is 0 Å². The third-order valence-corrected chi connectivity index (χ3v) is 3.61. The lowest BCUT2D eigenvalue weighted by atomic mass is 10.1. The van der Waals surface area contributed by atoms with Crippen molar-refractivity contribution in [3.63, 3.8) is 0 Å². The fraction of sp³-hybridized carbons (Fsp3) is 0.444. The second-order valence-corrected chi connectivity index (χ2v) is 4.76. The Hall–Kier alpha value is -0.360. The summed E-state index contributed by atoms with van der Waals surface area (Å²) in [6.07, 6.45) is -5.28. The molecule has 0 radical (unpaired) electrons. The first-order valence-electron chi connectivity index (χ1n) is 4.23. The SMILES string of the molecule is O=C(CCCC(F)(F)F)c1sccc1Br. The summed E-state index contributed by atoms with van der Waals surface area (Å²) in [7, 11) is 0. The zero-order chi connectivity index (χ0) is 11.5. The van der Waals surface area contributed by atoms with Gasteiger partial charge in [0.2, 0.25) is 0 Å². The Morgan fingerprint density at radius 3 is 2.60 bits per heavy atom. The molecule has 0 unspecified atom stereocenters. The Kier molecular flexibility index (Phi) is 4.33. The van der Waals surface area contributed by atoms with Gasteiger partial charge in [0.15, 0.2) is 5.78 Å². The van der Waals surface area contributed by atoms with E-state index in [-0.39, 0.29) is 18.6 Å². The third-order valence-electron chi connectivity index (χ3n) is 1.73. The maximum Gasteiger partial charge on any atom is 0.389 e. The van der Waals surface area contributed by atoms with Crippen molar-refractivity contribution in [2.75, 3.05) is 0 Å². The first-order chi connectivity index (χ1) is 6.90. The monoisotopic (exact) mass is 300 g/mol. The molecular formula is C9H8BrF3OS. The van der Waals surface area contributed by atoms with Crippen molar-refractivity contribution in [2.45, 2.75) is 25.4 Å². The number of carbonyl (C=O) groups excluding carboxylic acids is 1. The second-order valence-electron chi connectivity index (χ2n) is 2.99. The van der Waals surface area contributed by atoms with E-state index < -0.39 is 12.6 Å². The highest BCUT2D eigenvalue weighted by molar-refractivity contribution is 9.10. The van der Waals surface area contributed by atoms with Gasteiger partial charge in [-0.25, -0.2) is 0 Å². The van der Waals surface area contributed by atoms with Gasteiger partial charge < -0.3 is 0 Å². The highest BCUT2D eigenvalue weighted by Gasteiger charge is 2.26. The molecule has 0 saturated heterocycles. The standard InChI is InChI=1S/C9H8BrF3OS/c10-6-3-5-15-8(6)7(14)2-1-4-9(11,12)13/h3,5H,1-2,4H2. The fourth-order valence-corrected chi connectivity index (χ4v) is 2.62. The molecule has 6 heteroatoms. The molecule has 15 heavy (non-hydrogen) atoms. The van der Waals surface area contributed by atoms with Gasteiger partial charge in [0.05, 0.1) is 4.88 Å². The van der Waals surface area contributed by atoms with Crippen LogP contribution in [0, 0.1) is 0 Å². The minimum atomic E-state index is -4.17. The number of halogens is 4. The molecule has 1 aromatic rings. The van der Waals surface area contributed by atoms with E-state index in [4.69, 9.17) is 0 Å². The van der Waals surface area contributed by atoms with Crippen LogP contribution in [-0.2, 0) is 0 Å². The van der Waals surface area contributed by atoms with Gasteiger partial charge in [0, 0.05) is 17.3 Å². The van der Waals surface area contributed by atoms with Crippen molar-refractivity contribution in [1.82, 2.24) is 0 Å². The molecule has 0 bridgehead atoms. The van der Waals surface area contributed by atoms with Crippen LogP contribution >= 0.6 is 27.3 Å². The van der Waals surface area contributed by atoms with Gasteiger partial charge in [-0.2, -0.15) is 13.2 Å². The maximum atomic E-state index is 11.8. The summed E-state index contributed by atoms with van der Waals surface area (Å²) >= 11 is 4.40. The lowest BCUT2D eigenvalue weighted by Crippen LogP contribution is -2.08. The molecule has 0 aliphatic heterocycles. The molecule has 1 nitrogen and oxygen atoms in total. The van der Waals surface area contributed by atoms with Crippen LogP contribution in [0.5, 0.6) is 0 Å². The van der Waals surface area contributed by atoms with Gasteiger partial charge in [-0.1, -0.05) is 0 Å². The van der Waals surface area contributed by atoms with Gasteiger partial charge >= 0.3 is 6.18 Å².